The van der Waals surface area contributed by atoms with Gasteiger partial charge >= 0.3 is 0 Å². The Balaban J connectivity index is 1.85. The summed E-state index contributed by atoms with van der Waals surface area (Å²) in [7, 11) is -2.56. The standard InChI is InChI=1S/C23H23FN2O4S/c1-17-7-11-20(12-8-17)26(31(28,29)21-13-9-19(24)10-14-21)16-23(27)25-15-18-5-3-4-6-22(18)30-2/h3-14H,15-16H2,1-2H3,(H,25,27). The molecule has 0 saturated carbocycles. The van der Waals surface area contributed by atoms with E-state index in [1.807, 2.05) is 25.1 Å². The molecule has 0 aliphatic rings. The lowest BCUT2D eigenvalue weighted by Gasteiger charge is -2.24. The summed E-state index contributed by atoms with van der Waals surface area (Å²) in [6, 6.07) is 18.5. The van der Waals surface area contributed by atoms with E-state index >= 15 is 0 Å². The third-order valence-corrected chi connectivity index (χ3v) is 6.47. The van der Waals surface area contributed by atoms with E-state index in [0.717, 1.165) is 27.6 Å². The third-order valence-electron chi connectivity index (χ3n) is 4.68. The summed E-state index contributed by atoms with van der Waals surface area (Å²) in [6.07, 6.45) is 0. The number of hydrogen-bond donors (Lipinski definition) is 1. The van der Waals surface area contributed by atoms with Gasteiger partial charge in [0.05, 0.1) is 17.7 Å². The van der Waals surface area contributed by atoms with Gasteiger partial charge < -0.3 is 10.1 Å². The number of rotatable bonds is 8. The molecule has 3 rings (SSSR count). The minimum absolute atomic E-state index is 0.105. The van der Waals surface area contributed by atoms with E-state index in [2.05, 4.69) is 5.32 Å². The largest absolute Gasteiger partial charge is 0.496 e. The summed E-state index contributed by atoms with van der Waals surface area (Å²) in [4.78, 5) is 12.6. The molecular weight excluding hydrogens is 419 g/mol. The first-order chi connectivity index (χ1) is 14.8. The number of methoxy groups -OCH3 is 1. The van der Waals surface area contributed by atoms with Crippen LogP contribution in [0.1, 0.15) is 11.1 Å². The molecule has 0 saturated heterocycles. The van der Waals surface area contributed by atoms with Crippen molar-refractivity contribution in [3.8, 4) is 5.75 Å². The van der Waals surface area contributed by atoms with E-state index in [0.29, 0.717) is 11.4 Å². The van der Waals surface area contributed by atoms with Crippen molar-refractivity contribution < 1.29 is 22.3 Å². The molecule has 1 amide bonds. The molecule has 0 aromatic heterocycles. The number of para-hydroxylation sites is 1. The number of sulfonamides is 1. The molecule has 162 valence electrons. The van der Waals surface area contributed by atoms with Crippen molar-refractivity contribution in [2.24, 2.45) is 0 Å². The van der Waals surface area contributed by atoms with Gasteiger partial charge in [-0.25, -0.2) is 12.8 Å². The summed E-state index contributed by atoms with van der Waals surface area (Å²) >= 11 is 0. The first kappa shape index (κ1) is 22.3. The van der Waals surface area contributed by atoms with Crippen LogP contribution in [-0.2, 0) is 21.4 Å². The van der Waals surface area contributed by atoms with E-state index in [4.69, 9.17) is 4.74 Å². The van der Waals surface area contributed by atoms with Gasteiger partial charge in [0.1, 0.15) is 18.1 Å². The molecule has 0 heterocycles. The molecule has 0 aliphatic heterocycles. The molecule has 1 N–H and O–H groups in total. The minimum atomic E-state index is -4.09. The lowest BCUT2D eigenvalue weighted by Crippen LogP contribution is -2.40. The highest BCUT2D eigenvalue weighted by Gasteiger charge is 2.27. The van der Waals surface area contributed by atoms with Gasteiger partial charge in [-0.05, 0) is 49.4 Å². The van der Waals surface area contributed by atoms with E-state index in [1.165, 1.54) is 19.2 Å². The lowest BCUT2D eigenvalue weighted by molar-refractivity contribution is -0.119. The van der Waals surface area contributed by atoms with Crippen molar-refractivity contribution in [1.82, 2.24) is 5.32 Å². The number of aryl methyl sites for hydroxylation is 1. The van der Waals surface area contributed by atoms with Crippen LogP contribution >= 0.6 is 0 Å². The summed E-state index contributed by atoms with van der Waals surface area (Å²) in [6.45, 7) is 1.63. The highest BCUT2D eigenvalue weighted by Crippen LogP contribution is 2.24. The maximum Gasteiger partial charge on any atom is 0.264 e. The van der Waals surface area contributed by atoms with Gasteiger partial charge in [0.15, 0.2) is 0 Å². The van der Waals surface area contributed by atoms with E-state index in [1.54, 1.807) is 30.3 Å². The monoisotopic (exact) mass is 442 g/mol. The number of amides is 1. The molecule has 8 heteroatoms. The van der Waals surface area contributed by atoms with Gasteiger partial charge in [-0.1, -0.05) is 35.9 Å². The van der Waals surface area contributed by atoms with Crippen LogP contribution in [0.2, 0.25) is 0 Å². The second-order valence-electron chi connectivity index (χ2n) is 6.89. The zero-order valence-electron chi connectivity index (χ0n) is 17.2. The molecular formula is C23H23FN2O4S. The molecule has 0 unspecified atom stereocenters. The van der Waals surface area contributed by atoms with Crippen LogP contribution in [0.3, 0.4) is 0 Å². The number of nitrogens with zero attached hydrogens (tertiary/aromatic N) is 1. The molecule has 3 aromatic carbocycles. The molecule has 0 spiro atoms. The van der Waals surface area contributed by atoms with Gasteiger partial charge in [0.25, 0.3) is 10.0 Å². The molecule has 31 heavy (non-hydrogen) atoms. The Kier molecular flexibility index (Phi) is 6.91. The maximum atomic E-state index is 13.3. The van der Waals surface area contributed by atoms with Gasteiger partial charge in [0, 0.05) is 12.1 Å². The Labute approximate surface area is 181 Å². The van der Waals surface area contributed by atoms with E-state index < -0.39 is 28.3 Å². The fraction of sp³-hybridized carbons (Fsp3) is 0.174. The highest BCUT2D eigenvalue weighted by molar-refractivity contribution is 7.92. The summed E-state index contributed by atoms with van der Waals surface area (Å²) in [5.41, 5.74) is 2.05. The summed E-state index contributed by atoms with van der Waals surface area (Å²) in [5.74, 6) is -0.412. The Hall–Kier alpha value is -3.39. The van der Waals surface area contributed by atoms with Gasteiger partial charge in [0.2, 0.25) is 5.91 Å². The van der Waals surface area contributed by atoms with Crippen LogP contribution in [0.15, 0.2) is 77.7 Å². The first-order valence-corrected chi connectivity index (χ1v) is 11.0. The Morgan fingerprint density at radius 1 is 1.00 bits per heavy atom. The van der Waals surface area contributed by atoms with Crippen molar-refractivity contribution in [3.63, 3.8) is 0 Å². The van der Waals surface area contributed by atoms with Crippen LogP contribution in [-0.4, -0.2) is 28.0 Å². The maximum absolute atomic E-state index is 13.3. The van der Waals surface area contributed by atoms with Crippen LogP contribution in [0.5, 0.6) is 5.75 Å². The second-order valence-corrected chi connectivity index (χ2v) is 8.75. The predicted molar refractivity (Wildman–Crippen MR) is 117 cm³/mol. The third kappa shape index (κ3) is 5.40. The number of anilines is 1. The zero-order valence-corrected chi connectivity index (χ0v) is 18.0. The smallest absolute Gasteiger partial charge is 0.264 e. The molecule has 0 bridgehead atoms. The number of halogens is 1. The van der Waals surface area contributed by atoms with Crippen LogP contribution in [0, 0.1) is 12.7 Å². The van der Waals surface area contributed by atoms with Crippen molar-refractivity contribution in [2.75, 3.05) is 18.0 Å². The Morgan fingerprint density at radius 2 is 1.65 bits per heavy atom. The van der Waals surface area contributed by atoms with Gasteiger partial charge in [-0.2, -0.15) is 0 Å². The SMILES string of the molecule is COc1ccccc1CNC(=O)CN(c1ccc(C)cc1)S(=O)(=O)c1ccc(F)cc1. The molecule has 0 radical (unpaired) electrons. The van der Waals surface area contributed by atoms with Gasteiger partial charge in [-0.15, -0.1) is 0 Å². The van der Waals surface area contributed by atoms with Crippen molar-refractivity contribution in [1.29, 1.82) is 0 Å². The topological polar surface area (TPSA) is 75.7 Å². The van der Waals surface area contributed by atoms with Crippen LogP contribution in [0.4, 0.5) is 10.1 Å². The molecule has 0 atom stereocenters. The number of ether oxygens (including phenoxy) is 1. The number of carbonyl (C=O) groups is 1. The van der Waals surface area contributed by atoms with E-state index in [-0.39, 0.29) is 11.4 Å². The molecule has 6 nitrogen and oxygen atoms in total. The van der Waals surface area contributed by atoms with Crippen molar-refractivity contribution in [2.45, 2.75) is 18.4 Å². The predicted octanol–water partition coefficient (Wildman–Crippen LogP) is 3.65. The fourth-order valence-corrected chi connectivity index (χ4v) is 4.41. The van der Waals surface area contributed by atoms with E-state index in [9.17, 15) is 17.6 Å². The first-order valence-electron chi connectivity index (χ1n) is 9.55. The number of carbonyl (C=O) groups excluding carboxylic acids is 1. The summed E-state index contributed by atoms with van der Waals surface area (Å²) < 4.78 is 46.1. The second kappa shape index (κ2) is 9.61. The fourth-order valence-electron chi connectivity index (χ4n) is 2.99. The zero-order chi connectivity index (χ0) is 22.4. The van der Waals surface area contributed by atoms with Crippen molar-refractivity contribution in [3.05, 3.63) is 89.7 Å². The van der Waals surface area contributed by atoms with Crippen molar-refractivity contribution >= 4 is 21.6 Å². The average Bonchev–Trinajstić information content (AvgIpc) is 2.77. The minimum Gasteiger partial charge on any atom is -0.496 e. The van der Waals surface area contributed by atoms with Gasteiger partial charge in [-0.3, -0.25) is 9.10 Å². The summed E-state index contributed by atoms with van der Waals surface area (Å²) in [5, 5.41) is 2.73. The molecule has 0 aliphatic carbocycles. The van der Waals surface area contributed by atoms with Crippen LogP contribution in [0.25, 0.3) is 0 Å². The quantitative estimate of drug-likeness (QED) is 0.578. The highest BCUT2D eigenvalue weighted by atomic mass is 32.2. The number of hydrogen-bond acceptors (Lipinski definition) is 4. The molecule has 3 aromatic rings. The normalized spacial score (nSPS) is 11.1. The number of benzene rings is 3. The van der Waals surface area contributed by atoms with Crippen LogP contribution < -0.4 is 14.4 Å². The molecule has 0 fully saturated rings. The number of nitrogens with one attached hydrogen (secondary N) is 1. The Morgan fingerprint density at radius 3 is 2.29 bits per heavy atom. The average molecular weight is 443 g/mol. The lowest BCUT2D eigenvalue weighted by atomic mass is 10.2. The Bertz CT molecular complexity index is 1150.